The molecule has 1 saturated carbocycles. The molecule has 3 rings (SSSR count). The maximum atomic E-state index is 13.3. The Bertz CT molecular complexity index is 1120. The monoisotopic (exact) mass is 513 g/mol. The van der Waals surface area contributed by atoms with Crippen molar-refractivity contribution in [1.82, 2.24) is 10.2 Å². The Morgan fingerprint density at radius 1 is 1.18 bits per heavy atom. The van der Waals surface area contributed by atoms with Gasteiger partial charge in [-0.3, -0.25) is 4.79 Å². The van der Waals surface area contributed by atoms with Crippen molar-refractivity contribution in [3.63, 3.8) is 0 Å². The molecule has 0 bridgehead atoms. The first-order valence-electron chi connectivity index (χ1n) is 9.74. The summed E-state index contributed by atoms with van der Waals surface area (Å²) in [7, 11) is -4.82. The molecule has 1 heterocycles. The molecule has 15 heteroatoms. The molecule has 2 amide bonds. The Morgan fingerprint density at radius 2 is 1.79 bits per heavy atom. The lowest BCUT2D eigenvalue weighted by Gasteiger charge is -2.25. The topological polar surface area (TPSA) is 117 Å². The summed E-state index contributed by atoms with van der Waals surface area (Å²) in [5.41, 5.74) is -2.71. The average Bonchev–Trinajstić information content (AvgIpc) is 3.34. The van der Waals surface area contributed by atoms with Gasteiger partial charge >= 0.3 is 18.4 Å². The zero-order chi connectivity index (χ0) is 25.5. The molecular weight excluding hydrogens is 496 g/mol. The van der Waals surface area contributed by atoms with Gasteiger partial charge in [-0.05, 0) is 25.0 Å². The number of likely N-dealkylation sites (tertiary alicyclic amines) is 1. The maximum Gasteiger partial charge on any atom is 0.417 e. The highest BCUT2D eigenvalue weighted by molar-refractivity contribution is 7.92. The molecule has 1 aliphatic heterocycles. The summed E-state index contributed by atoms with van der Waals surface area (Å²) >= 11 is 0. The highest BCUT2D eigenvalue weighted by Crippen LogP contribution is 2.38. The normalized spacial score (nSPS) is 22.1. The summed E-state index contributed by atoms with van der Waals surface area (Å²) in [6.45, 7) is -0.926. The number of carbonyl (C=O) groups excluding carboxylic acids is 2. The minimum atomic E-state index is -5.04. The first-order valence-corrected chi connectivity index (χ1v) is 11.3. The number of nitrogens with one attached hydrogen (secondary N) is 1. The lowest BCUT2D eigenvalue weighted by Crippen LogP contribution is -2.44. The van der Waals surface area contributed by atoms with E-state index in [1.807, 2.05) is 0 Å². The van der Waals surface area contributed by atoms with E-state index in [0.29, 0.717) is 17.0 Å². The molecule has 2 fully saturated rings. The molecule has 0 radical (unpaired) electrons. The number of alkyl halides is 6. The number of nitrogens with zero attached hydrogens (tertiary/aromatic N) is 2. The van der Waals surface area contributed by atoms with Gasteiger partial charge in [0.1, 0.15) is 12.0 Å². The van der Waals surface area contributed by atoms with Crippen LogP contribution < -0.4 is 5.32 Å². The number of carbonyl (C=O) groups is 2. The molecule has 1 N–H and O–H groups in total. The summed E-state index contributed by atoms with van der Waals surface area (Å²) in [4.78, 5) is 23.6. The molecule has 34 heavy (non-hydrogen) atoms. The minimum Gasteiger partial charge on any atom is -0.425 e. The van der Waals surface area contributed by atoms with Crippen molar-refractivity contribution in [2.75, 3.05) is 6.54 Å². The fourth-order valence-electron chi connectivity index (χ4n) is 3.50. The molecule has 0 spiro atoms. The Kier molecular flexibility index (Phi) is 6.51. The van der Waals surface area contributed by atoms with Gasteiger partial charge in [-0.2, -0.15) is 31.6 Å². The van der Waals surface area contributed by atoms with Gasteiger partial charge in [0.25, 0.3) is 0 Å². The number of ether oxygens (including phenoxy) is 1. The van der Waals surface area contributed by atoms with Gasteiger partial charge in [-0.25, -0.2) is 13.2 Å². The van der Waals surface area contributed by atoms with Crippen LogP contribution in [0, 0.1) is 11.3 Å². The predicted molar refractivity (Wildman–Crippen MR) is 100 cm³/mol. The summed E-state index contributed by atoms with van der Waals surface area (Å²) in [6, 6.07) is 5.05. The minimum absolute atomic E-state index is 0.283. The molecule has 2 atom stereocenters. The Balaban J connectivity index is 1.89. The van der Waals surface area contributed by atoms with E-state index in [2.05, 4.69) is 5.32 Å². The highest BCUT2D eigenvalue weighted by atomic mass is 32.2. The van der Waals surface area contributed by atoms with Crippen molar-refractivity contribution in [2.45, 2.75) is 59.9 Å². The van der Waals surface area contributed by atoms with Gasteiger partial charge in [0.05, 0.1) is 21.8 Å². The third-order valence-electron chi connectivity index (χ3n) is 5.37. The largest absolute Gasteiger partial charge is 0.425 e. The Morgan fingerprint density at radius 3 is 2.32 bits per heavy atom. The first kappa shape index (κ1) is 25.6. The number of hydrogen-bond donors (Lipinski definition) is 1. The molecular formula is C19H17F6N3O5S. The SMILES string of the molecule is N#CC1(NC(=O)O[C@H]2C[C@@H](S(=O)(=O)c3ccccc3C(F)(F)F)CN2C(=O)CC(F)(F)F)CC1. The third kappa shape index (κ3) is 5.54. The van der Waals surface area contributed by atoms with Gasteiger partial charge in [0, 0.05) is 13.0 Å². The van der Waals surface area contributed by atoms with Crippen LogP contribution in [0.4, 0.5) is 31.1 Å². The van der Waals surface area contributed by atoms with Crippen LogP contribution in [0.25, 0.3) is 0 Å². The quantitative estimate of drug-likeness (QED) is 0.605. The number of nitriles is 1. The molecule has 1 aromatic rings. The molecule has 0 unspecified atom stereocenters. The van der Waals surface area contributed by atoms with Crippen LogP contribution >= 0.6 is 0 Å². The maximum absolute atomic E-state index is 13.3. The van der Waals surface area contributed by atoms with Gasteiger partial charge < -0.3 is 15.0 Å². The van der Waals surface area contributed by atoms with Crippen molar-refractivity contribution >= 4 is 21.8 Å². The second-order valence-electron chi connectivity index (χ2n) is 7.91. The number of halogens is 6. The lowest BCUT2D eigenvalue weighted by atomic mass is 10.2. The summed E-state index contributed by atoms with van der Waals surface area (Å²) < 4.78 is 109. The van der Waals surface area contributed by atoms with E-state index in [9.17, 15) is 44.3 Å². The van der Waals surface area contributed by atoms with Crippen molar-refractivity contribution in [1.29, 1.82) is 5.26 Å². The molecule has 2 aliphatic rings. The van der Waals surface area contributed by atoms with Crippen molar-refractivity contribution in [3.05, 3.63) is 29.8 Å². The number of benzene rings is 1. The van der Waals surface area contributed by atoms with E-state index >= 15 is 0 Å². The molecule has 1 saturated heterocycles. The smallest absolute Gasteiger partial charge is 0.417 e. The molecule has 8 nitrogen and oxygen atoms in total. The fraction of sp³-hybridized carbons (Fsp3) is 0.526. The number of rotatable bonds is 5. The average molecular weight is 513 g/mol. The van der Waals surface area contributed by atoms with Gasteiger partial charge in [0.15, 0.2) is 16.1 Å². The van der Waals surface area contributed by atoms with E-state index in [4.69, 9.17) is 10.00 Å². The highest BCUT2D eigenvalue weighted by Gasteiger charge is 2.50. The van der Waals surface area contributed by atoms with Crippen molar-refractivity contribution in [2.24, 2.45) is 0 Å². The van der Waals surface area contributed by atoms with Gasteiger partial charge in [-0.1, -0.05) is 12.1 Å². The zero-order valence-corrected chi connectivity index (χ0v) is 17.9. The van der Waals surface area contributed by atoms with E-state index in [1.54, 1.807) is 6.07 Å². The van der Waals surface area contributed by atoms with Crippen LogP contribution in [0.1, 0.15) is 31.2 Å². The van der Waals surface area contributed by atoms with Gasteiger partial charge in [-0.15, -0.1) is 0 Å². The van der Waals surface area contributed by atoms with E-state index in [-0.39, 0.29) is 12.8 Å². The zero-order valence-electron chi connectivity index (χ0n) is 17.1. The second kappa shape index (κ2) is 8.64. The fourth-order valence-corrected chi connectivity index (χ4v) is 5.39. The van der Waals surface area contributed by atoms with E-state index < -0.39 is 81.1 Å². The molecule has 0 aromatic heterocycles. The number of sulfone groups is 1. The summed E-state index contributed by atoms with van der Waals surface area (Å²) in [6.07, 6.45) is -15.3. The Labute approximate surface area is 189 Å². The van der Waals surface area contributed by atoms with Crippen LogP contribution in [0.5, 0.6) is 0 Å². The van der Waals surface area contributed by atoms with Crippen molar-refractivity contribution in [3.8, 4) is 6.07 Å². The van der Waals surface area contributed by atoms with E-state index in [0.717, 1.165) is 12.1 Å². The van der Waals surface area contributed by atoms with Crippen LogP contribution in [-0.4, -0.2) is 55.1 Å². The summed E-state index contributed by atoms with van der Waals surface area (Å²) in [5.74, 6) is -1.62. The van der Waals surface area contributed by atoms with Crippen LogP contribution in [0.2, 0.25) is 0 Å². The summed E-state index contributed by atoms with van der Waals surface area (Å²) in [5, 5.41) is 9.42. The number of alkyl carbamates (subject to hydrolysis) is 1. The van der Waals surface area contributed by atoms with Gasteiger partial charge in [0.2, 0.25) is 5.91 Å². The second-order valence-corrected chi connectivity index (χ2v) is 10.1. The third-order valence-corrected chi connectivity index (χ3v) is 7.56. The lowest BCUT2D eigenvalue weighted by molar-refractivity contribution is -0.165. The van der Waals surface area contributed by atoms with Crippen LogP contribution in [0.3, 0.4) is 0 Å². The number of hydrogen-bond acceptors (Lipinski definition) is 6. The molecule has 186 valence electrons. The van der Waals surface area contributed by atoms with Crippen LogP contribution in [-0.2, 0) is 25.5 Å². The standard InChI is InChI=1S/C19H17F6N3O5S/c20-18(21,22)8-14(29)28-9-11(7-15(28)33-16(30)27-17(10-26)5-6-17)34(31,32)13-4-2-1-3-12(13)19(23,24)25/h1-4,11,15H,5-9H2,(H,27,30)/t11-,15+/m1/s1. The predicted octanol–water partition coefficient (Wildman–Crippen LogP) is 3.14. The molecule has 1 aliphatic carbocycles. The van der Waals surface area contributed by atoms with E-state index in [1.165, 1.54) is 0 Å². The Hall–Kier alpha value is -3.02. The first-order chi connectivity index (χ1) is 15.6. The van der Waals surface area contributed by atoms with Crippen molar-refractivity contribution < 1.29 is 49.1 Å². The molecule has 1 aromatic carbocycles. The van der Waals surface area contributed by atoms with Crippen LogP contribution in [0.15, 0.2) is 29.2 Å². The number of amides is 2.